The number of aromatic carboxylic acids is 1. The fourth-order valence-corrected chi connectivity index (χ4v) is 1.26. The lowest BCUT2D eigenvalue weighted by Gasteiger charge is -1.97. The first kappa shape index (κ1) is 12.5. The predicted octanol–water partition coefficient (Wildman–Crippen LogP) is 1.39. The summed E-state index contributed by atoms with van der Waals surface area (Å²) in [7, 11) is 1.85. The van der Waals surface area contributed by atoms with Crippen LogP contribution in [0.3, 0.4) is 0 Å². The van der Waals surface area contributed by atoms with E-state index in [1.54, 1.807) is 0 Å². The average Bonchev–Trinajstić information content (AvgIpc) is 2.24. The van der Waals surface area contributed by atoms with E-state index in [2.05, 4.69) is 22.1 Å². The molecule has 0 aliphatic rings. The molecule has 16 heavy (non-hydrogen) atoms. The van der Waals surface area contributed by atoms with Crippen molar-refractivity contribution >= 4 is 17.6 Å². The van der Waals surface area contributed by atoms with E-state index < -0.39 is 5.97 Å². The molecule has 0 fully saturated rings. The topological polar surface area (TPSA) is 62.2 Å². The van der Waals surface area contributed by atoms with Crippen LogP contribution in [0.2, 0.25) is 5.02 Å². The monoisotopic (exact) mass is 238 g/mol. The third kappa shape index (κ3) is 3.54. The molecule has 1 aromatic heterocycles. The van der Waals surface area contributed by atoms with E-state index in [1.807, 2.05) is 7.05 Å². The van der Waals surface area contributed by atoms with Crippen LogP contribution < -0.4 is 5.32 Å². The summed E-state index contributed by atoms with van der Waals surface area (Å²) in [5.74, 6) is 4.64. The second kappa shape index (κ2) is 6.11. The van der Waals surface area contributed by atoms with E-state index in [1.165, 1.54) is 12.3 Å². The van der Waals surface area contributed by atoms with Crippen LogP contribution in [0.25, 0.3) is 0 Å². The molecule has 4 nitrogen and oxygen atoms in total. The Morgan fingerprint density at radius 1 is 1.69 bits per heavy atom. The van der Waals surface area contributed by atoms with E-state index in [9.17, 15) is 4.79 Å². The van der Waals surface area contributed by atoms with Crippen molar-refractivity contribution < 1.29 is 9.90 Å². The van der Waals surface area contributed by atoms with Crippen LogP contribution in [0.1, 0.15) is 22.5 Å². The number of carbonyl (C=O) groups is 1. The molecule has 1 aromatic rings. The van der Waals surface area contributed by atoms with Crippen LogP contribution in [0.15, 0.2) is 12.3 Å². The fraction of sp³-hybridized carbons (Fsp3) is 0.273. The Kier molecular flexibility index (Phi) is 4.77. The lowest BCUT2D eigenvalue weighted by atomic mass is 10.2. The molecule has 1 rings (SSSR count). The maximum atomic E-state index is 10.6. The molecule has 0 atom stereocenters. The number of nitrogens with zero attached hydrogens (tertiary/aromatic N) is 1. The van der Waals surface area contributed by atoms with E-state index in [0.717, 1.165) is 13.0 Å². The van der Waals surface area contributed by atoms with Crippen LogP contribution in [-0.2, 0) is 0 Å². The van der Waals surface area contributed by atoms with Gasteiger partial charge in [-0.25, -0.2) is 9.78 Å². The zero-order valence-electron chi connectivity index (χ0n) is 8.75. The SMILES string of the molecule is CNCCC#Cc1cnc(C(=O)O)c(Cl)c1. The Balaban J connectivity index is 2.80. The number of carboxylic acid groups (broad SMARTS) is 1. The van der Waals surface area contributed by atoms with Crippen molar-refractivity contribution in [2.24, 2.45) is 0 Å². The minimum absolute atomic E-state index is 0.105. The van der Waals surface area contributed by atoms with Gasteiger partial charge in [-0.05, 0) is 13.1 Å². The molecule has 0 bridgehead atoms. The predicted molar refractivity (Wildman–Crippen MR) is 61.6 cm³/mol. The van der Waals surface area contributed by atoms with Gasteiger partial charge in [0.1, 0.15) is 0 Å². The molecule has 0 aliphatic heterocycles. The quantitative estimate of drug-likeness (QED) is 0.617. The summed E-state index contributed by atoms with van der Waals surface area (Å²) >= 11 is 5.74. The molecule has 0 unspecified atom stereocenters. The highest BCUT2D eigenvalue weighted by Gasteiger charge is 2.09. The van der Waals surface area contributed by atoms with Crippen molar-refractivity contribution in [3.8, 4) is 11.8 Å². The van der Waals surface area contributed by atoms with Crippen molar-refractivity contribution in [1.29, 1.82) is 0 Å². The van der Waals surface area contributed by atoms with Crippen LogP contribution in [0.5, 0.6) is 0 Å². The van der Waals surface area contributed by atoms with Gasteiger partial charge in [-0.15, -0.1) is 0 Å². The molecule has 0 saturated heterocycles. The molecule has 0 saturated carbocycles. The number of rotatable bonds is 3. The molecule has 0 amide bonds. The van der Waals surface area contributed by atoms with Crippen molar-refractivity contribution in [3.05, 3.63) is 28.5 Å². The smallest absolute Gasteiger partial charge is 0.356 e. The third-order valence-corrected chi connectivity index (χ3v) is 2.06. The highest BCUT2D eigenvalue weighted by molar-refractivity contribution is 6.33. The zero-order valence-corrected chi connectivity index (χ0v) is 9.51. The van der Waals surface area contributed by atoms with Crippen LogP contribution in [-0.4, -0.2) is 29.7 Å². The summed E-state index contributed by atoms with van der Waals surface area (Å²) in [4.78, 5) is 14.4. The van der Waals surface area contributed by atoms with Crippen LogP contribution in [0.4, 0.5) is 0 Å². The highest BCUT2D eigenvalue weighted by Crippen LogP contribution is 2.14. The zero-order chi connectivity index (χ0) is 12.0. The summed E-state index contributed by atoms with van der Waals surface area (Å²) in [6.45, 7) is 0.807. The van der Waals surface area contributed by atoms with Crippen molar-refractivity contribution in [2.45, 2.75) is 6.42 Å². The Bertz CT molecular complexity index is 449. The standard InChI is InChI=1S/C11H11ClN2O2/c1-13-5-3-2-4-8-6-9(12)10(11(15)16)14-7-8/h6-7,13H,3,5H2,1H3,(H,15,16). The molecule has 5 heteroatoms. The Morgan fingerprint density at radius 3 is 3.00 bits per heavy atom. The average molecular weight is 239 g/mol. The molecular weight excluding hydrogens is 228 g/mol. The maximum Gasteiger partial charge on any atom is 0.356 e. The first-order chi connectivity index (χ1) is 7.65. The number of halogens is 1. The Morgan fingerprint density at radius 2 is 2.44 bits per heavy atom. The highest BCUT2D eigenvalue weighted by atomic mass is 35.5. The van der Waals surface area contributed by atoms with Gasteiger partial charge in [0.15, 0.2) is 5.69 Å². The van der Waals surface area contributed by atoms with E-state index in [4.69, 9.17) is 16.7 Å². The Labute approximate surface area is 98.6 Å². The van der Waals surface area contributed by atoms with Gasteiger partial charge in [-0.1, -0.05) is 23.4 Å². The summed E-state index contributed by atoms with van der Waals surface area (Å²) < 4.78 is 0. The van der Waals surface area contributed by atoms with Gasteiger partial charge in [-0.3, -0.25) is 0 Å². The molecule has 84 valence electrons. The number of nitrogens with one attached hydrogen (secondary N) is 1. The maximum absolute atomic E-state index is 10.6. The molecule has 0 radical (unpaired) electrons. The number of pyridine rings is 1. The van der Waals surface area contributed by atoms with Crippen molar-refractivity contribution in [2.75, 3.05) is 13.6 Å². The van der Waals surface area contributed by atoms with Gasteiger partial charge in [0.25, 0.3) is 0 Å². The minimum atomic E-state index is -1.14. The minimum Gasteiger partial charge on any atom is -0.476 e. The van der Waals surface area contributed by atoms with Crippen LogP contribution in [0, 0.1) is 11.8 Å². The second-order valence-corrected chi connectivity index (χ2v) is 3.42. The normalized spacial score (nSPS) is 9.38. The van der Waals surface area contributed by atoms with Crippen molar-refractivity contribution in [3.63, 3.8) is 0 Å². The lowest BCUT2D eigenvalue weighted by Crippen LogP contribution is -2.05. The van der Waals surface area contributed by atoms with E-state index >= 15 is 0 Å². The summed E-state index contributed by atoms with van der Waals surface area (Å²) in [5, 5.41) is 11.8. The van der Waals surface area contributed by atoms with Gasteiger partial charge in [-0.2, -0.15) is 0 Å². The molecule has 0 spiro atoms. The number of carboxylic acids is 1. The van der Waals surface area contributed by atoms with Gasteiger partial charge in [0.05, 0.1) is 5.02 Å². The molecular formula is C11H11ClN2O2. The van der Waals surface area contributed by atoms with Gasteiger partial charge < -0.3 is 10.4 Å². The summed E-state index contributed by atoms with van der Waals surface area (Å²) in [5.41, 5.74) is 0.466. The van der Waals surface area contributed by atoms with Gasteiger partial charge >= 0.3 is 5.97 Å². The fourth-order valence-electron chi connectivity index (χ4n) is 1.02. The molecule has 0 aromatic carbocycles. The van der Waals surface area contributed by atoms with Crippen LogP contribution >= 0.6 is 11.6 Å². The molecule has 1 heterocycles. The first-order valence-electron chi connectivity index (χ1n) is 4.67. The van der Waals surface area contributed by atoms with E-state index in [0.29, 0.717) is 5.56 Å². The third-order valence-electron chi connectivity index (χ3n) is 1.78. The molecule has 0 aliphatic carbocycles. The van der Waals surface area contributed by atoms with Gasteiger partial charge in [0, 0.05) is 24.7 Å². The summed E-state index contributed by atoms with van der Waals surface area (Å²) in [6.07, 6.45) is 2.12. The number of aromatic nitrogens is 1. The number of hydrogen-bond donors (Lipinski definition) is 2. The lowest BCUT2D eigenvalue weighted by molar-refractivity contribution is 0.0690. The Hall–Kier alpha value is -1.57. The first-order valence-corrected chi connectivity index (χ1v) is 5.05. The molecule has 2 N–H and O–H groups in total. The largest absolute Gasteiger partial charge is 0.476 e. The second-order valence-electron chi connectivity index (χ2n) is 3.01. The van der Waals surface area contributed by atoms with Crippen molar-refractivity contribution in [1.82, 2.24) is 10.3 Å². The van der Waals surface area contributed by atoms with Gasteiger partial charge in [0.2, 0.25) is 0 Å². The van der Waals surface area contributed by atoms with E-state index in [-0.39, 0.29) is 10.7 Å². The number of hydrogen-bond acceptors (Lipinski definition) is 3. The summed E-state index contributed by atoms with van der Waals surface area (Å²) in [6, 6.07) is 1.50.